The minimum atomic E-state index is 0.547. The van der Waals surface area contributed by atoms with Crippen LogP contribution < -0.4 is 0 Å². The summed E-state index contributed by atoms with van der Waals surface area (Å²) < 4.78 is 0. The molecule has 1 heteroatoms. The molecule has 0 saturated carbocycles. The molecule has 1 saturated heterocycles. The summed E-state index contributed by atoms with van der Waals surface area (Å²) in [5, 5.41) is 0. The number of hydrogen-bond acceptors (Lipinski definition) is 1. The van der Waals surface area contributed by atoms with E-state index in [4.69, 9.17) is 0 Å². The Morgan fingerprint density at radius 1 is 1.42 bits per heavy atom. The first-order chi connectivity index (χ1) is 5.46. The Hall–Kier alpha value is -0.0400. The Bertz CT molecular complexity index is 149. The number of hydrogen-bond donors (Lipinski definition) is 0. The largest absolute Gasteiger partial charge is 0.297 e. The molecule has 72 valence electrons. The molecule has 1 aliphatic heterocycles. The third kappa shape index (κ3) is 2.01. The highest BCUT2D eigenvalue weighted by Crippen LogP contribution is 2.36. The zero-order valence-corrected chi connectivity index (χ0v) is 9.22. The normalized spacial score (nSPS) is 30.0. The first kappa shape index (κ1) is 10.0. The Morgan fingerprint density at radius 3 is 2.33 bits per heavy atom. The lowest BCUT2D eigenvalue weighted by molar-refractivity contribution is 0.190. The van der Waals surface area contributed by atoms with Gasteiger partial charge in [0.15, 0.2) is 0 Å². The van der Waals surface area contributed by atoms with Gasteiger partial charge in [0, 0.05) is 18.6 Å². The molecule has 0 aliphatic carbocycles. The molecular weight excluding hydrogens is 146 g/mol. The third-order valence-electron chi connectivity index (χ3n) is 3.00. The van der Waals surface area contributed by atoms with E-state index >= 15 is 0 Å². The molecule has 1 unspecified atom stereocenters. The molecule has 0 aromatic heterocycles. The summed E-state index contributed by atoms with van der Waals surface area (Å²) in [6, 6.07) is 1.55. The second-order valence-corrected chi connectivity index (χ2v) is 5.20. The van der Waals surface area contributed by atoms with Crippen molar-refractivity contribution in [1.29, 1.82) is 0 Å². The second-order valence-electron chi connectivity index (χ2n) is 5.20. The fraction of sp³-hybridized carbons (Fsp3) is 1.00. The predicted octanol–water partition coefficient (Wildman–Crippen LogP) is 2.91. The maximum Gasteiger partial charge on any atom is 0.0101 e. The summed E-state index contributed by atoms with van der Waals surface area (Å²) in [6.45, 7) is 13.0. The maximum absolute atomic E-state index is 2.65. The van der Waals surface area contributed by atoms with Crippen LogP contribution in [-0.4, -0.2) is 23.5 Å². The van der Waals surface area contributed by atoms with Gasteiger partial charge in [-0.3, -0.25) is 4.90 Å². The molecule has 0 N–H and O–H groups in total. The van der Waals surface area contributed by atoms with Gasteiger partial charge in [-0.15, -0.1) is 0 Å². The van der Waals surface area contributed by atoms with Crippen molar-refractivity contribution in [3.05, 3.63) is 0 Å². The minimum Gasteiger partial charge on any atom is -0.297 e. The number of rotatable bonds is 2. The molecule has 1 heterocycles. The highest BCUT2D eigenvalue weighted by molar-refractivity contribution is 4.91. The summed E-state index contributed by atoms with van der Waals surface area (Å²) >= 11 is 0. The third-order valence-corrected chi connectivity index (χ3v) is 3.00. The molecular formula is C11H23N. The molecule has 0 amide bonds. The van der Waals surface area contributed by atoms with E-state index in [-0.39, 0.29) is 0 Å². The van der Waals surface area contributed by atoms with Gasteiger partial charge in [0.2, 0.25) is 0 Å². The van der Waals surface area contributed by atoms with Crippen molar-refractivity contribution in [2.75, 3.05) is 6.54 Å². The van der Waals surface area contributed by atoms with Crippen LogP contribution >= 0.6 is 0 Å². The summed E-state index contributed by atoms with van der Waals surface area (Å²) in [7, 11) is 0. The van der Waals surface area contributed by atoms with Crippen LogP contribution in [0.2, 0.25) is 0 Å². The molecule has 1 atom stereocenters. The van der Waals surface area contributed by atoms with E-state index < -0.39 is 0 Å². The van der Waals surface area contributed by atoms with Crippen molar-refractivity contribution in [2.45, 2.75) is 59.5 Å². The molecule has 1 nitrogen and oxygen atoms in total. The van der Waals surface area contributed by atoms with Crippen LogP contribution in [-0.2, 0) is 0 Å². The smallest absolute Gasteiger partial charge is 0.0101 e. The van der Waals surface area contributed by atoms with E-state index in [9.17, 15) is 0 Å². The van der Waals surface area contributed by atoms with Crippen molar-refractivity contribution < 1.29 is 0 Å². The molecule has 0 spiro atoms. The van der Waals surface area contributed by atoms with Gasteiger partial charge in [-0.25, -0.2) is 0 Å². The van der Waals surface area contributed by atoms with Gasteiger partial charge in [0.05, 0.1) is 0 Å². The number of likely N-dealkylation sites (tertiary alicyclic amines) is 1. The van der Waals surface area contributed by atoms with Gasteiger partial charge in [-0.2, -0.15) is 0 Å². The average Bonchev–Trinajstić information content (AvgIpc) is 2.25. The highest BCUT2D eigenvalue weighted by atomic mass is 15.2. The van der Waals surface area contributed by atoms with Crippen molar-refractivity contribution in [3.63, 3.8) is 0 Å². The van der Waals surface area contributed by atoms with Crippen LogP contribution in [0.4, 0.5) is 0 Å². The summed E-state index contributed by atoms with van der Waals surface area (Å²) in [5.74, 6) is 0. The zero-order chi connectivity index (χ0) is 9.35. The van der Waals surface area contributed by atoms with E-state index in [0.29, 0.717) is 5.41 Å². The summed E-state index contributed by atoms with van der Waals surface area (Å²) in [5.41, 5.74) is 0.547. The topological polar surface area (TPSA) is 3.24 Å². The molecule has 0 aromatic carbocycles. The van der Waals surface area contributed by atoms with Gasteiger partial charge in [-0.05, 0) is 32.1 Å². The van der Waals surface area contributed by atoms with Gasteiger partial charge >= 0.3 is 0 Å². The van der Waals surface area contributed by atoms with Crippen LogP contribution in [0.25, 0.3) is 0 Å². The molecule has 0 aromatic rings. The molecule has 0 radical (unpaired) electrons. The zero-order valence-electron chi connectivity index (χ0n) is 9.22. The Balaban J connectivity index is 2.63. The first-order valence-electron chi connectivity index (χ1n) is 5.22. The van der Waals surface area contributed by atoms with Crippen LogP contribution in [0.3, 0.4) is 0 Å². The quantitative estimate of drug-likeness (QED) is 0.614. The SMILES string of the molecule is CCC1CC(C)(C)CN1C(C)C. The van der Waals surface area contributed by atoms with E-state index in [1.165, 1.54) is 19.4 Å². The number of nitrogens with zero attached hydrogens (tertiary/aromatic N) is 1. The van der Waals surface area contributed by atoms with E-state index in [1.54, 1.807) is 0 Å². The Labute approximate surface area is 77.1 Å². The van der Waals surface area contributed by atoms with Crippen LogP contribution in [0.15, 0.2) is 0 Å². The lowest BCUT2D eigenvalue weighted by Crippen LogP contribution is -2.35. The van der Waals surface area contributed by atoms with Crippen molar-refractivity contribution in [1.82, 2.24) is 4.90 Å². The predicted molar refractivity (Wildman–Crippen MR) is 54.3 cm³/mol. The van der Waals surface area contributed by atoms with Crippen LogP contribution in [0.1, 0.15) is 47.5 Å². The molecule has 1 fully saturated rings. The van der Waals surface area contributed by atoms with Gasteiger partial charge in [0.1, 0.15) is 0 Å². The Morgan fingerprint density at radius 2 is 2.00 bits per heavy atom. The first-order valence-corrected chi connectivity index (χ1v) is 5.22. The highest BCUT2D eigenvalue weighted by Gasteiger charge is 2.37. The lowest BCUT2D eigenvalue weighted by Gasteiger charge is -2.27. The van der Waals surface area contributed by atoms with Crippen LogP contribution in [0.5, 0.6) is 0 Å². The molecule has 1 rings (SSSR count). The van der Waals surface area contributed by atoms with Crippen molar-refractivity contribution in [3.8, 4) is 0 Å². The van der Waals surface area contributed by atoms with Gasteiger partial charge < -0.3 is 0 Å². The standard InChI is InChI=1S/C11H23N/c1-6-10-7-11(4,5)8-12(10)9(2)3/h9-10H,6-8H2,1-5H3. The second kappa shape index (κ2) is 3.37. The minimum absolute atomic E-state index is 0.547. The fourth-order valence-electron chi connectivity index (χ4n) is 2.43. The Kier molecular flexibility index (Phi) is 2.82. The average molecular weight is 169 g/mol. The molecule has 1 aliphatic rings. The summed E-state index contributed by atoms with van der Waals surface area (Å²) in [4.78, 5) is 2.65. The van der Waals surface area contributed by atoms with Crippen molar-refractivity contribution >= 4 is 0 Å². The fourth-order valence-corrected chi connectivity index (χ4v) is 2.43. The van der Waals surface area contributed by atoms with Crippen molar-refractivity contribution in [2.24, 2.45) is 5.41 Å². The van der Waals surface area contributed by atoms with Gasteiger partial charge in [0.25, 0.3) is 0 Å². The molecule has 0 bridgehead atoms. The van der Waals surface area contributed by atoms with E-state index in [1.807, 2.05) is 0 Å². The monoisotopic (exact) mass is 169 g/mol. The summed E-state index contributed by atoms with van der Waals surface area (Å²) in [6.07, 6.45) is 2.68. The maximum atomic E-state index is 2.65. The van der Waals surface area contributed by atoms with E-state index in [2.05, 4.69) is 39.5 Å². The van der Waals surface area contributed by atoms with E-state index in [0.717, 1.165) is 12.1 Å². The lowest BCUT2D eigenvalue weighted by atomic mass is 9.90. The van der Waals surface area contributed by atoms with Crippen LogP contribution in [0, 0.1) is 5.41 Å². The van der Waals surface area contributed by atoms with Gasteiger partial charge in [-0.1, -0.05) is 20.8 Å². The molecule has 12 heavy (non-hydrogen) atoms.